The lowest BCUT2D eigenvalue weighted by Gasteiger charge is -2.35. The normalized spacial score (nSPS) is 20.0. The first kappa shape index (κ1) is 18.2. The van der Waals surface area contributed by atoms with Gasteiger partial charge in [0.2, 0.25) is 5.91 Å². The third kappa shape index (κ3) is 4.58. The van der Waals surface area contributed by atoms with Crippen LogP contribution in [0.15, 0.2) is 24.3 Å². The summed E-state index contributed by atoms with van der Waals surface area (Å²) >= 11 is 5.88. The number of carbonyl (C=O) groups excluding carboxylic acids is 1. The Morgan fingerprint density at radius 2 is 2.00 bits per heavy atom. The molecule has 2 rings (SSSR count). The zero-order valence-corrected chi connectivity index (χ0v) is 13.9. The minimum absolute atomic E-state index is 0. The third-order valence-electron chi connectivity index (χ3n) is 3.62. The number of hydrogen-bond acceptors (Lipinski definition) is 3. The molecule has 2 atom stereocenters. The number of ether oxygens (including phenoxy) is 1. The lowest BCUT2D eigenvalue weighted by molar-refractivity contribution is -0.141. The maximum Gasteiger partial charge on any atom is 0.239 e. The predicted octanol–water partition coefficient (Wildman–Crippen LogP) is 2.65. The third-order valence-corrected chi connectivity index (χ3v) is 3.88. The van der Waals surface area contributed by atoms with Crippen LogP contribution in [0.2, 0.25) is 5.02 Å². The van der Waals surface area contributed by atoms with E-state index in [2.05, 4.69) is 0 Å². The zero-order valence-electron chi connectivity index (χ0n) is 12.3. The SMILES string of the molecule is CC(C)[C@@H](N)C(=O)N1CCOC(c2ccc(Cl)cc2)C1.Cl. The molecule has 1 saturated heterocycles. The summed E-state index contributed by atoms with van der Waals surface area (Å²) in [5.74, 6) is 0.140. The summed E-state index contributed by atoms with van der Waals surface area (Å²) in [5.41, 5.74) is 6.98. The van der Waals surface area contributed by atoms with Crippen LogP contribution in [-0.4, -0.2) is 36.5 Å². The Hall–Kier alpha value is -0.810. The van der Waals surface area contributed by atoms with Gasteiger partial charge >= 0.3 is 0 Å². The quantitative estimate of drug-likeness (QED) is 0.925. The van der Waals surface area contributed by atoms with Crippen LogP contribution >= 0.6 is 24.0 Å². The first-order valence-electron chi connectivity index (χ1n) is 6.90. The molecule has 4 nitrogen and oxygen atoms in total. The van der Waals surface area contributed by atoms with Gasteiger partial charge in [0.25, 0.3) is 0 Å². The van der Waals surface area contributed by atoms with E-state index in [0.29, 0.717) is 24.7 Å². The summed E-state index contributed by atoms with van der Waals surface area (Å²) in [6, 6.07) is 7.09. The van der Waals surface area contributed by atoms with E-state index >= 15 is 0 Å². The average molecular weight is 333 g/mol. The summed E-state index contributed by atoms with van der Waals surface area (Å²) in [6.07, 6.45) is -0.107. The smallest absolute Gasteiger partial charge is 0.239 e. The van der Waals surface area contributed by atoms with Crippen molar-refractivity contribution in [2.24, 2.45) is 11.7 Å². The summed E-state index contributed by atoms with van der Waals surface area (Å²) in [6.45, 7) is 5.59. The highest BCUT2D eigenvalue weighted by molar-refractivity contribution is 6.30. The largest absolute Gasteiger partial charge is 0.370 e. The van der Waals surface area contributed by atoms with Crippen molar-refractivity contribution in [2.45, 2.75) is 26.0 Å². The second-order valence-corrected chi connectivity index (χ2v) is 5.90. The van der Waals surface area contributed by atoms with E-state index in [4.69, 9.17) is 22.1 Å². The van der Waals surface area contributed by atoms with Crippen LogP contribution in [0.4, 0.5) is 0 Å². The van der Waals surface area contributed by atoms with Gasteiger partial charge < -0.3 is 15.4 Å². The molecule has 0 aromatic heterocycles. The van der Waals surface area contributed by atoms with Crippen molar-refractivity contribution in [3.05, 3.63) is 34.9 Å². The lowest BCUT2D eigenvalue weighted by Crippen LogP contribution is -2.51. The fourth-order valence-corrected chi connectivity index (χ4v) is 2.35. The molecule has 0 spiro atoms. The minimum Gasteiger partial charge on any atom is -0.370 e. The maximum atomic E-state index is 12.3. The second-order valence-electron chi connectivity index (χ2n) is 5.47. The van der Waals surface area contributed by atoms with Crippen LogP contribution in [0.25, 0.3) is 0 Å². The summed E-state index contributed by atoms with van der Waals surface area (Å²) in [5, 5.41) is 0.694. The maximum absolute atomic E-state index is 12.3. The van der Waals surface area contributed by atoms with E-state index in [9.17, 15) is 4.79 Å². The van der Waals surface area contributed by atoms with Crippen molar-refractivity contribution < 1.29 is 9.53 Å². The molecule has 1 fully saturated rings. The van der Waals surface area contributed by atoms with Crippen molar-refractivity contribution in [3.8, 4) is 0 Å². The van der Waals surface area contributed by atoms with Gasteiger partial charge in [0.15, 0.2) is 0 Å². The van der Waals surface area contributed by atoms with Gasteiger partial charge in [-0.15, -0.1) is 12.4 Å². The Balaban J connectivity index is 0.00000220. The average Bonchev–Trinajstić information content (AvgIpc) is 2.46. The molecule has 1 amide bonds. The van der Waals surface area contributed by atoms with Crippen LogP contribution in [0, 0.1) is 5.92 Å². The van der Waals surface area contributed by atoms with E-state index in [1.54, 1.807) is 4.90 Å². The molecule has 0 aliphatic carbocycles. The van der Waals surface area contributed by atoms with Crippen LogP contribution in [0.1, 0.15) is 25.5 Å². The Labute approximate surface area is 137 Å². The van der Waals surface area contributed by atoms with Crippen LogP contribution < -0.4 is 5.73 Å². The molecular weight excluding hydrogens is 311 g/mol. The van der Waals surface area contributed by atoms with Gasteiger partial charge in [0.1, 0.15) is 6.10 Å². The number of benzene rings is 1. The summed E-state index contributed by atoms with van der Waals surface area (Å²) in [7, 11) is 0. The van der Waals surface area contributed by atoms with Gasteiger partial charge in [-0.1, -0.05) is 37.6 Å². The van der Waals surface area contributed by atoms with Crippen molar-refractivity contribution >= 4 is 29.9 Å². The summed E-state index contributed by atoms with van der Waals surface area (Å²) < 4.78 is 5.75. The fourth-order valence-electron chi connectivity index (χ4n) is 2.22. The number of nitrogens with zero attached hydrogens (tertiary/aromatic N) is 1. The predicted molar refractivity (Wildman–Crippen MR) is 86.8 cm³/mol. The number of amides is 1. The van der Waals surface area contributed by atoms with Crippen LogP contribution in [0.3, 0.4) is 0 Å². The molecule has 0 bridgehead atoms. The number of hydrogen-bond donors (Lipinski definition) is 1. The van der Waals surface area contributed by atoms with Crippen molar-refractivity contribution in [3.63, 3.8) is 0 Å². The standard InChI is InChI=1S/C15H21ClN2O2.ClH/c1-10(2)14(17)15(19)18-7-8-20-13(9-18)11-3-5-12(16)6-4-11;/h3-6,10,13-14H,7-9,17H2,1-2H3;1H/t13?,14-;/m1./s1. The van der Waals surface area contributed by atoms with Gasteiger partial charge in [0.05, 0.1) is 19.2 Å². The Bertz CT molecular complexity index is 465. The highest BCUT2D eigenvalue weighted by atomic mass is 35.5. The van der Waals surface area contributed by atoms with Crippen molar-refractivity contribution in [1.82, 2.24) is 4.90 Å². The highest BCUT2D eigenvalue weighted by Gasteiger charge is 2.29. The van der Waals surface area contributed by atoms with Gasteiger partial charge in [-0.3, -0.25) is 4.79 Å². The molecule has 1 aliphatic heterocycles. The van der Waals surface area contributed by atoms with Gasteiger partial charge in [0, 0.05) is 11.6 Å². The topological polar surface area (TPSA) is 55.6 Å². The monoisotopic (exact) mass is 332 g/mol. The molecule has 6 heteroatoms. The van der Waals surface area contributed by atoms with Crippen molar-refractivity contribution in [1.29, 1.82) is 0 Å². The number of carbonyl (C=O) groups is 1. The van der Waals surface area contributed by atoms with Crippen LogP contribution in [-0.2, 0) is 9.53 Å². The number of nitrogens with two attached hydrogens (primary N) is 1. The first-order valence-corrected chi connectivity index (χ1v) is 7.28. The number of halogens is 2. The molecule has 1 heterocycles. The van der Waals surface area contributed by atoms with Crippen LogP contribution in [0.5, 0.6) is 0 Å². The second kappa shape index (κ2) is 7.99. The molecule has 0 saturated carbocycles. The van der Waals surface area contributed by atoms with E-state index in [0.717, 1.165) is 5.56 Å². The molecule has 1 aliphatic rings. The molecule has 1 aromatic carbocycles. The van der Waals surface area contributed by atoms with E-state index in [1.807, 2.05) is 38.1 Å². The highest BCUT2D eigenvalue weighted by Crippen LogP contribution is 2.24. The zero-order chi connectivity index (χ0) is 14.7. The molecule has 1 unspecified atom stereocenters. The molecule has 118 valence electrons. The fraction of sp³-hybridized carbons (Fsp3) is 0.533. The van der Waals surface area contributed by atoms with Gasteiger partial charge in [-0.2, -0.15) is 0 Å². The molecule has 21 heavy (non-hydrogen) atoms. The van der Waals surface area contributed by atoms with E-state index < -0.39 is 6.04 Å². The minimum atomic E-state index is -0.445. The van der Waals surface area contributed by atoms with Gasteiger partial charge in [-0.05, 0) is 23.6 Å². The Kier molecular flexibility index (Phi) is 6.94. The van der Waals surface area contributed by atoms with Crippen molar-refractivity contribution in [2.75, 3.05) is 19.7 Å². The first-order chi connectivity index (χ1) is 9.49. The number of rotatable bonds is 3. The molecule has 2 N–H and O–H groups in total. The summed E-state index contributed by atoms with van der Waals surface area (Å²) in [4.78, 5) is 14.1. The lowest BCUT2D eigenvalue weighted by atomic mass is 10.0. The molecule has 0 radical (unpaired) electrons. The molecule has 1 aromatic rings. The molecular formula is C15H22Cl2N2O2. The van der Waals surface area contributed by atoms with Gasteiger partial charge in [-0.25, -0.2) is 0 Å². The Morgan fingerprint density at radius 1 is 1.38 bits per heavy atom. The van der Waals surface area contributed by atoms with E-state index in [1.165, 1.54) is 0 Å². The number of morpholine rings is 1. The van der Waals surface area contributed by atoms with E-state index in [-0.39, 0.29) is 30.3 Å². The Morgan fingerprint density at radius 3 is 2.57 bits per heavy atom.